The Morgan fingerprint density at radius 2 is 0.444 bits per heavy atom. The van der Waals surface area contributed by atoms with E-state index in [1.807, 2.05) is 0 Å². The van der Waals surface area contributed by atoms with Gasteiger partial charge in [0.2, 0.25) is 0 Å². The largest absolute Gasteiger partial charge is 0.462 e. The molecule has 0 aliphatic rings. The highest BCUT2D eigenvalue weighted by Crippen LogP contribution is 2.19. The Labute approximate surface area is 506 Å². The molecule has 0 radical (unpaired) electrons. The van der Waals surface area contributed by atoms with Crippen LogP contribution in [0.5, 0.6) is 0 Å². The molecular formula is C75H140O6. The number of carbonyl (C=O) groups is 3. The lowest BCUT2D eigenvalue weighted by Crippen LogP contribution is -2.30. The van der Waals surface area contributed by atoms with Crippen molar-refractivity contribution in [2.75, 3.05) is 13.2 Å². The Balaban J connectivity index is 4.06. The van der Waals surface area contributed by atoms with Gasteiger partial charge in [0.1, 0.15) is 13.2 Å². The van der Waals surface area contributed by atoms with Crippen molar-refractivity contribution in [1.82, 2.24) is 0 Å². The highest BCUT2D eigenvalue weighted by atomic mass is 16.6. The molecule has 0 aromatic carbocycles. The Morgan fingerprint density at radius 1 is 0.247 bits per heavy atom. The Hall–Kier alpha value is -2.37. The van der Waals surface area contributed by atoms with Crippen LogP contribution in [0.15, 0.2) is 36.5 Å². The molecule has 0 bridgehead atoms. The zero-order valence-corrected chi connectivity index (χ0v) is 54.8. The molecule has 0 rings (SSSR count). The second-order valence-electron chi connectivity index (χ2n) is 24.9. The Kier molecular flexibility index (Phi) is 68.1. The van der Waals surface area contributed by atoms with Gasteiger partial charge in [-0.3, -0.25) is 14.4 Å². The van der Waals surface area contributed by atoms with Gasteiger partial charge in [-0.15, -0.1) is 0 Å². The van der Waals surface area contributed by atoms with Gasteiger partial charge in [0.05, 0.1) is 0 Å². The molecule has 81 heavy (non-hydrogen) atoms. The molecule has 0 saturated carbocycles. The molecule has 0 spiro atoms. The molecule has 1 unspecified atom stereocenters. The molecule has 476 valence electrons. The Morgan fingerprint density at radius 3 is 0.716 bits per heavy atom. The molecule has 0 amide bonds. The minimum Gasteiger partial charge on any atom is -0.462 e. The van der Waals surface area contributed by atoms with E-state index in [-0.39, 0.29) is 31.1 Å². The van der Waals surface area contributed by atoms with E-state index < -0.39 is 6.10 Å². The van der Waals surface area contributed by atoms with E-state index in [1.165, 1.54) is 289 Å². The average molecular weight is 1140 g/mol. The van der Waals surface area contributed by atoms with Gasteiger partial charge >= 0.3 is 17.9 Å². The molecule has 0 aliphatic heterocycles. The van der Waals surface area contributed by atoms with Crippen LogP contribution in [0.3, 0.4) is 0 Å². The van der Waals surface area contributed by atoms with E-state index in [9.17, 15) is 14.4 Å². The summed E-state index contributed by atoms with van der Waals surface area (Å²) < 4.78 is 16.9. The third-order valence-electron chi connectivity index (χ3n) is 16.6. The first kappa shape index (κ1) is 78.6. The molecule has 0 aliphatic carbocycles. The fourth-order valence-corrected chi connectivity index (χ4v) is 11.1. The van der Waals surface area contributed by atoms with Crippen molar-refractivity contribution in [1.29, 1.82) is 0 Å². The lowest BCUT2D eigenvalue weighted by atomic mass is 10.0. The lowest BCUT2D eigenvalue weighted by Gasteiger charge is -2.18. The van der Waals surface area contributed by atoms with Gasteiger partial charge in [0.15, 0.2) is 6.10 Å². The Bertz CT molecular complexity index is 1350. The fraction of sp³-hybridized carbons (Fsp3) is 0.880. The van der Waals surface area contributed by atoms with Crippen molar-refractivity contribution in [3.8, 4) is 0 Å². The predicted octanol–water partition coefficient (Wildman–Crippen LogP) is 25.1. The standard InChI is InChI=1S/C75H140O6/c1-4-7-10-13-16-19-22-25-27-29-30-31-32-33-34-35-36-37-38-39-40-41-42-43-44-45-47-48-50-53-56-59-62-65-68-74(77)80-71-72(70-79-73(76)67-64-61-58-55-52-24-21-18-15-12-9-6-3)81-75(78)69-66-63-60-57-54-51-49-46-28-26-23-20-17-14-11-8-5-2/h17-18,20-21,26,28,72H,4-16,19,22-25,27,29-71H2,1-3H3/b20-17-,21-18-,28-26-. The van der Waals surface area contributed by atoms with Crippen LogP contribution >= 0.6 is 0 Å². The first-order chi connectivity index (χ1) is 40.0. The van der Waals surface area contributed by atoms with Crippen molar-refractivity contribution in [3.05, 3.63) is 36.5 Å². The molecule has 6 heteroatoms. The second kappa shape index (κ2) is 70.1. The van der Waals surface area contributed by atoms with Gasteiger partial charge in [-0.05, 0) is 77.0 Å². The number of rotatable bonds is 68. The molecular weight excluding hydrogens is 997 g/mol. The van der Waals surface area contributed by atoms with E-state index in [0.29, 0.717) is 19.3 Å². The molecule has 0 aromatic rings. The van der Waals surface area contributed by atoms with Gasteiger partial charge in [-0.25, -0.2) is 0 Å². The normalized spacial score (nSPS) is 12.2. The van der Waals surface area contributed by atoms with E-state index in [0.717, 1.165) is 77.0 Å². The summed E-state index contributed by atoms with van der Waals surface area (Å²) in [5, 5.41) is 0. The molecule has 6 nitrogen and oxygen atoms in total. The van der Waals surface area contributed by atoms with Crippen molar-refractivity contribution in [2.24, 2.45) is 0 Å². The summed E-state index contributed by atoms with van der Waals surface area (Å²) in [6.45, 7) is 6.64. The molecule has 0 heterocycles. The number of esters is 3. The van der Waals surface area contributed by atoms with Crippen LogP contribution in [0.1, 0.15) is 406 Å². The highest BCUT2D eigenvalue weighted by molar-refractivity contribution is 5.71. The van der Waals surface area contributed by atoms with Gasteiger partial charge in [0, 0.05) is 19.3 Å². The minimum atomic E-state index is -0.778. The lowest BCUT2D eigenvalue weighted by molar-refractivity contribution is -0.167. The van der Waals surface area contributed by atoms with Crippen LogP contribution in [0, 0.1) is 0 Å². The summed E-state index contributed by atoms with van der Waals surface area (Å²) in [6.07, 6.45) is 87.8. The fourth-order valence-electron chi connectivity index (χ4n) is 11.1. The van der Waals surface area contributed by atoms with Gasteiger partial charge in [0.25, 0.3) is 0 Å². The first-order valence-corrected chi connectivity index (χ1v) is 36.5. The number of ether oxygens (including phenoxy) is 3. The molecule has 0 aromatic heterocycles. The smallest absolute Gasteiger partial charge is 0.306 e. The molecule has 0 saturated heterocycles. The van der Waals surface area contributed by atoms with Crippen LogP contribution in [-0.4, -0.2) is 37.2 Å². The summed E-state index contributed by atoms with van der Waals surface area (Å²) in [4.78, 5) is 38.3. The van der Waals surface area contributed by atoms with Gasteiger partial charge < -0.3 is 14.2 Å². The third-order valence-corrected chi connectivity index (χ3v) is 16.6. The molecule has 1 atom stereocenters. The van der Waals surface area contributed by atoms with E-state index in [2.05, 4.69) is 57.2 Å². The maximum atomic E-state index is 12.9. The quantitative estimate of drug-likeness (QED) is 0.0261. The van der Waals surface area contributed by atoms with E-state index >= 15 is 0 Å². The topological polar surface area (TPSA) is 78.9 Å². The average Bonchev–Trinajstić information content (AvgIpc) is 3.47. The third kappa shape index (κ3) is 68.3. The summed E-state index contributed by atoms with van der Waals surface area (Å²) in [7, 11) is 0. The minimum absolute atomic E-state index is 0.0739. The van der Waals surface area contributed by atoms with Crippen molar-refractivity contribution >= 4 is 17.9 Å². The number of hydrogen-bond acceptors (Lipinski definition) is 6. The predicted molar refractivity (Wildman–Crippen MR) is 353 cm³/mol. The summed E-state index contributed by atoms with van der Waals surface area (Å²) >= 11 is 0. The molecule has 0 fully saturated rings. The van der Waals surface area contributed by atoms with Crippen molar-refractivity contribution in [3.63, 3.8) is 0 Å². The van der Waals surface area contributed by atoms with Crippen molar-refractivity contribution in [2.45, 2.75) is 412 Å². The number of hydrogen-bond donors (Lipinski definition) is 0. The van der Waals surface area contributed by atoms with Gasteiger partial charge in [-0.1, -0.05) is 346 Å². The maximum absolute atomic E-state index is 12.9. The van der Waals surface area contributed by atoms with Crippen LogP contribution in [-0.2, 0) is 28.6 Å². The second-order valence-corrected chi connectivity index (χ2v) is 24.9. The zero-order chi connectivity index (χ0) is 58.5. The number of carbonyl (C=O) groups excluding carboxylic acids is 3. The highest BCUT2D eigenvalue weighted by Gasteiger charge is 2.19. The van der Waals surface area contributed by atoms with Crippen molar-refractivity contribution < 1.29 is 28.6 Å². The van der Waals surface area contributed by atoms with Crippen LogP contribution in [0.25, 0.3) is 0 Å². The van der Waals surface area contributed by atoms with Crippen LogP contribution in [0.4, 0.5) is 0 Å². The summed E-state index contributed by atoms with van der Waals surface area (Å²) in [5.41, 5.74) is 0. The number of allylic oxidation sites excluding steroid dienone is 6. The van der Waals surface area contributed by atoms with Crippen LogP contribution in [0.2, 0.25) is 0 Å². The monoisotopic (exact) mass is 1140 g/mol. The SMILES string of the molecule is CCCCC/C=C\C/C=C\CCCCCCCCCC(=O)OC(COC(=O)CCCCCCC/C=C\CCCCC)COC(=O)CCCCCCCCCCCCCCCCCCCCCCCCCCCCCCCCCCCC. The summed E-state index contributed by atoms with van der Waals surface area (Å²) in [6, 6.07) is 0. The van der Waals surface area contributed by atoms with Gasteiger partial charge in [-0.2, -0.15) is 0 Å². The first-order valence-electron chi connectivity index (χ1n) is 36.5. The maximum Gasteiger partial charge on any atom is 0.306 e. The van der Waals surface area contributed by atoms with Crippen LogP contribution < -0.4 is 0 Å². The number of unbranched alkanes of at least 4 members (excludes halogenated alkanes) is 51. The molecule has 0 N–H and O–H groups in total. The van der Waals surface area contributed by atoms with E-state index in [4.69, 9.17) is 14.2 Å². The zero-order valence-electron chi connectivity index (χ0n) is 54.8. The van der Waals surface area contributed by atoms with E-state index in [1.54, 1.807) is 0 Å². The summed E-state index contributed by atoms with van der Waals surface area (Å²) in [5.74, 6) is -0.867.